The van der Waals surface area contributed by atoms with E-state index in [2.05, 4.69) is 0 Å². The van der Waals surface area contributed by atoms with E-state index in [1.165, 1.54) is 6.07 Å². The number of ketones is 1. The highest BCUT2D eigenvalue weighted by Crippen LogP contribution is 2.13. The van der Waals surface area contributed by atoms with Gasteiger partial charge in [-0.1, -0.05) is 36.4 Å². The Morgan fingerprint density at radius 2 is 1.75 bits per heavy atom. The van der Waals surface area contributed by atoms with Crippen LogP contribution in [0.1, 0.15) is 15.9 Å². The summed E-state index contributed by atoms with van der Waals surface area (Å²) in [6.07, 6.45) is 0.330. The fraction of sp³-hybridized carbons (Fsp3) is 0.125. The molecule has 0 radical (unpaired) electrons. The number of carbonyl (C=O) groups excluding carboxylic acids is 2. The van der Waals surface area contributed by atoms with Crippen molar-refractivity contribution in [1.29, 1.82) is 0 Å². The van der Waals surface area contributed by atoms with Gasteiger partial charge in [-0.25, -0.2) is 0 Å². The highest BCUT2D eigenvalue weighted by molar-refractivity contribution is 5.93. The second-order valence-electron chi connectivity index (χ2n) is 4.38. The minimum Gasteiger partial charge on any atom is -0.486 e. The summed E-state index contributed by atoms with van der Waals surface area (Å²) in [6.45, 7) is -0.0306. The summed E-state index contributed by atoms with van der Waals surface area (Å²) in [5.41, 5.74) is 6.49. The van der Waals surface area contributed by atoms with Gasteiger partial charge in [0.15, 0.2) is 5.78 Å². The summed E-state index contributed by atoms with van der Waals surface area (Å²) < 4.78 is 5.37. The van der Waals surface area contributed by atoms with E-state index >= 15 is 0 Å². The molecule has 4 heteroatoms. The number of nitrogens with two attached hydrogens (primary N) is 1. The molecule has 2 aromatic rings. The Morgan fingerprint density at radius 3 is 2.45 bits per heavy atom. The minimum atomic E-state index is -0.522. The molecule has 0 saturated heterocycles. The summed E-state index contributed by atoms with van der Waals surface area (Å²) in [5.74, 6) is -0.0885. The van der Waals surface area contributed by atoms with Crippen LogP contribution in [-0.2, 0) is 11.2 Å². The van der Waals surface area contributed by atoms with E-state index in [9.17, 15) is 9.59 Å². The van der Waals surface area contributed by atoms with Crippen LogP contribution in [-0.4, -0.2) is 18.3 Å². The molecule has 0 aliphatic heterocycles. The van der Waals surface area contributed by atoms with Gasteiger partial charge in [-0.15, -0.1) is 0 Å². The molecule has 0 aliphatic rings. The van der Waals surface area contributed by atoms with Crippen molar-refractivity contribution in [3.05, 3.63) is 65.7 Å². The Morgan fingerprint density at radius 1 is 1.00 bits per heavy atom. The second kappa shape index (κ2) is 6.52. The van der Waals surface area contributed by atoms with Crippen molar-refractivity contribution in [3.63, 3.8) is 0 Å². The average Bonchev–Trinajstić information content (AvgIpc) is 2.46. The molecule has 2 aromatic carbocycles. The molecule has 4 nitrogen and oxygen atoms in total. The summed E-state index contributed by atoms with van der Waals surface area (Å²) in [4.78, 5) is 22.8. The van der Waals surface area contributed by atoms with Gasteiger partial charge in [0.05, 0.1) is 0 Å². The number of hydrogen-bond donors (Lipinski definition) is 1. The zero-order valence-corrected chi connectivity index (χ0v) is 10.9. The van der Waals surface area contributed by atoms with Crippen LogP contribution in [0.25, 0.3) is 0 Å². The third-order valence-corrected chi connectivity index (χ3v) is 2.76. The molecule has 102 valence electrons. The van der Waals surface area contributed by atoms with Crippen LogP contribution in [0.15, 0.2) is 54.6 Å². The zero-order valence-electron chi connectivity index (χ0n) is 10.9. The molecule has 0 atom stereocenters. The zero-order chi connectivity index (χ0) is 14.4. The van der Waals surface area contributed by atoms with Crippen LogP contribution >= 0.6 is 0 Å². The Hall–Kier alpha value is -2.62. The fourth-order valence-electron chi connectivity index (χ4n) is 1.78. The van der Waals surface area contributed by atoms with E-state index in [-0.39, 0.29) is 12.4 Å². The highest BCUT2D eigenvalue weighted by Gasteiger charge is 2.06. The van der Waals surface area contributed by atoms with Gasteiger partial charge in [0.1, 0.15) is 12.4 Å². The number of carbonyl (C=O) groups is 2. The number of ether oxygens (including phenoxy) is 1. The van der Waals surface area contributed by atoms with Crippen LogP contribution in [0.4, 0.5) is 0 Å². The summed E-state index contributed by atoms with van der Waals surface area (Å²) in [6, 6.07) is 15.9. The van der Waals surface area contributed by atoms with Gasteiger partial charge in [-0.05, 0) is 23.8 Å². The molecule has 0 aliphatic carbocycles. The maximum absolute atomic E-state index is 11.8. The van der Waals surface area contributed by atoms with Crippen molar-refractivity contribution in [2.45, 2.75) is 6.42 Å². The first-order chi connectivity index (χ1) is 9.65. The smallest absolute Gasteiger partial charge is 0.248 e. The number of hydrogen-bond acceptors (Lipinski definition) is 3. The maximum atomic E-state index is 11.8. The Labute approximate surface area is 117 Å². The lowest BCUT2D eigenvalue weighted by Gasteiger charge is -2.06. The molecule has 2 rings (SSSR count). The van der Waals surface area contributed by atoms with Crippen LogP contribution in [0.2, 0.25) is 0 Å². The number of primary amides is 1. The molecule has 0 unspecified atom stereocenters. The first-order valence-electron chi connectivity index (χ1n) is 6.23. The molecule has 0 fully saturated rings. The van der Waals surface area contributed by atoms with Gasteiger partial charge in [-0.2, -0.15) is 0 Å². The van der Waals surface area contributed by atoms with E-state index in [0.717, 1.165) is 5.56 Å². The molecule has 0 aromatic heterocycles. The SMILES string of the molecule is NC(=O)c1cccc(OCC(=O)Cc2ccccc2)c1. The predicted octanol–water partition coefficient (Wildman–Crippen LogP) is 1.98. The Balaban J connectivity index is 1.90. The summed E-state index contributed by atoms with van der Waals surface area (Å²) >= 11 is 0. The quantitative estimate of drug-likeness (QED) is 0.871. The van der Waals surface area contributed by atoms with Gasteiger partial charge in [0.25, 0.3) is 0 Å². The van der Waals surface area contributed by atoms with Crippen molar-refractivity contribution >= 4 is 11.7 Å². The second-order valence-corrected chi connectivity index (χ2v) is 4.38. The van der Waals surface area contributed by atoms with Crippen LogP contribution in [0.3, 0.4) is 0 Å². The van der Waals surface area contributed by atoms with Crippen molar-refractivity contribution in [1.82, 2.24) is 0 Å². The van der Waals surface area contributed by atoms with E-state index < -0.39 is 5.91 Å². The molecule has 2 N–H and O–H groups in total. The molecule has 20 heavy (non-hydrogen) atoms. The minimum absolute atomic E-state index is 0.0271. The first kappa shape index (κ1) is 13.8. The van der Waals surface area contributed by atoms with Crippen LogP contribution < -0.4 is 10.5 Å². The van der Waals surface area contributed by atoms with Crippen molar-refractivity contribution < 1.29 is 14.3 Å². The van der Waals surface area contributed by atoms with Gasteiger partial charge >= 0.3 is 0 Å². The van der Waals surface area contributed by atoms with E-state index in [0.29, 0.717) is 17.7 Å². The predicted molar refractivity (Wildman–Crippen MR) is 75.6 cm³/mol. The lowest BCUT2D eigenvalue weighted by atomic mass is 10.1. The van der Waals surface area contributed by atoms with Crippen LogP contribution in [0.5, 0.6) is 5.75 Å². The number of Topliss-reactive ketones (excluding diaryl/α,β-unsaturated/α-hetero) is 1. The average molecular weight is 269 g/mol. The normalized spacial score (nSPS) is 10.0. The third kappa shape index (κ3) is 3.95. The van der Waals surface area contributed by atoms with Crippen LogP contribution in [0, 0.1) is 0 Å². The molecule has 0 spiro atoms. The topological polar surface area (TPSA) is 69.4 Å². The maximum Gasteiger partial charge on any atom is 0.248 e. The van der Waals surface area contributed by atoms with Gasteiger partial charge in [-0.3, -0.25) is 9.59 Å². The Bertz CT molecular complexity index is 608. The van der Waals surface area contributed by atoms with Crippen molar-refractivity contribution in [2.24, 2.45) is 5.73 Å². The van der Waals surface area contributed by atoms with E-state index in [1.807, 2.05) is 30.3 Å². The molecule has 0 saturated carbocycles. The van der Waals surface area contributed by atoms with Gasteiger partial charge < -0.3 is 10.5 Å². The Kier molecular flexibility index (Phi) is 4.50. The van der Waals surface area contributed by atoms with Crippen molar-refractivity contribution in [2.75, 3.05) is 6.61 Å². The largest absolute Gasteiger partial charge is 0.486 e. The fourth-order valence-corrected chi connectivity index (χ4v) is 1.78. The first-order valence-corrected chi connectivity index (χ1v) is 6.23. The molecular weight excluding hydrogens is 254 g/mol. The highest BCUT2D eigenvalue weighted by atomic mass is 16.5. The third-order valence-electron chi connectivity index (χ3n) is 2.76. The molecule has 1 amide bonds. The van der Waals surface area contributed by atoms with Gasteiger partial charge in [0.2, 0.25) is 5.91 Å². The van der Waals surface area contributed by atoms with Gasteiger partial charge in [0, 0.05) is 12.0 Å². The lowest BCUT2D eigenvalue weighted by molar-refractivity contribution is -0.120. The lowest BCUT2D eigenvalue weighted by Crippen LogP contribution is -2.14. The van der Waals surface area contributed by atoms with Crippen molar-refractivity contribution in [3.8, 4) is 5.75 Å². The number of amides is 1. The monoisotopic (exact) mass is 269 g/mol. The standard InChI is InChI=1S/C16H15NO3/c17-16(19)13-7-4-8-15(10-13)20-11-14(18)9-12-5-2-1-3-6-12/h1-8,10H,9,11H2,(H2,17,19). The number of benzene rings is 2. The number of rotatable bonds is 6. The molecule has 0 bridgehead atoms. The summed E-state index contributed by atoms with van der Waals surface area (Å²) in [7, 11) is 0. The molecular formula is C16H15NO3. The molecule has 0 heterocycles. The van der Waals surface area contributed by atoms with E-state index in [1.54, 1.807) is 18.2 Å². The van der Waals surface area contributed by atoms with E-state index in [4.69, 9.17) is 10.5 Å². The summed E-state index contributed by atoms with van der Waals surface area (Å²) in [5, 5.41) is 0.